The van der Waals surface area contributed by atoms with Crippen LogP contribution in [-0.2, 0) is 16.8 Å². The second kappa shape index (κ2) is 4.55. The van der Waals surface area contributed by atoms with Crippen molar-refractivity contribution in [3.8, 4) is 0 Å². The molecule has 8 heteroatoms. The Balaban J connectivity index is 3.41. The predicted molar refractivity (Wildman–Crippen MR) is 57.5 cm³/mol. The Morgan fingerprint density at radius 2 is 1.76 bits per heavy atom. The molecule has 0 N–H and O–H groups in total. The van der Waals surface area contributed by atoms with E-state index in [1.807, 2.05) is 0 Å². The minimum Gasteiger partial charge on any atom is -0.304 e. The summed E-state index contributed by atoms with van der Waals surface area (Å²) in [4.78, 5) is 0. The van der Waals surface area contributed by atoms with E-state index in [2.05, 4.69) is 26.1 Å². The van der Waals surface area contributed by atoms with Crippen molar-refractivity contribution in [1.29, 1.82) is 0 Å². The van der Waals surface area contributed by atoms with E-state index >= 15 is 0 Å². The first-order chi connectivity index (χ1) is 7.62. The third kappa shape index (κ3) is 2.61. The SMILES string of the molecule is CC(C)(C)n1c(CBr)nnc1C(F)(F)C(F)F. The van der Waals surface area contributed by atoms with Crippen LogP contribution >= 0.6 is 15.9 Å². The molecular weight excluding hydrogens is 306 g/mol. The Labute approximate surface area is 104 Å². The molecule has 0 atom stereocenters. The topological polar surface area (TPSA) is 30.7 Å². The van der Waals surface area contributed by atoms with Crippen LogP contribution in [0.4, 0.5) is 17.6 Å². The third-order valence-corrected chi connectivity index (χ3v) is 2.59. The van der Waals surface area contributed by atoms with Crippen molar-refractivity contribution in [2.75, 3.05) is 0 Å². The number of hydrogen-bond donors (Lipinski definition) is 0. The van der Waals surface area contributed by atoms with Gasteiger partial charge < -0.3 is 4.57 Å². The van der Waals surface area contributed by atoms with Crippen molar-refractivity contribution in [3.05, 3.63) is 11.6 Å². The summed E-state index contributed by atoms with van der Waals surface area (Å²) in [6.45, 7) is 4.86. The van der Waals surface area contributed by atoms with Crippen molar-refractivity contribution in [1.82, 2.24) is 14.8 Å². The van der Waals surface area contributed by atoms with Crippen LogP contribution in [0.25, 0.3) is 0 Å². The van der Waals surface area contributed by atoms with Gasteiger partial charge in [0.25, 0.3) is 0 Å². The van der Waals surface area contributed by atoms with Crippen molar-refractivity contribution in [3.63, 3.8) is 0 Å². The van der Waals surface area contributed by atoms with Crippen molar-refractivity contribution >= 4 is 15.9 Å². The van der Waals surface area contributed by atoms with E-state index in [0.717, 1.165) is 4.57 Å². The molecule has 0 saturated heterocycles. The summed E-state index contributed by atoms with van der Waals surface area (Å²) < 4.78 is 52.4. The van der Waals surface area contributed by atoms with E-state index < -0.39 is 23.7 Å². The molecule has 1 aromatic heterocycles. The molecule has 0 aromatic carbocycles. The van der Waals surface area contributed by atoms with Gasteiger partial charge in [0, 0.05) is 5.54 Å². The van der Waals surface area contributed by atoms with E-state index in [1.54, 1.807) is 20.8 Å². The minimum absolute atomic E-state index is 0.163. The maximum atomic E-state index is 13.3. The fourth-order valence-corrected chi connectivity index (χ4v) is 1.78. The molecule has 0 aliphatic rings. The fraction of sp³-hybridized carbons (Fsp3) is 0.778. The van der Waals surface area contributed by atoms with E-state index in [4.69, 9.17) is 0 Å². The monoisotopic (exact) mass is 317 g/mol. The van der Waals surface area contributed by atoms with Gasteiger partial charge in [-0.15, -0.1) is 10.2 Å². The van der Waals surface area contributed by atoms with Crippen LogP contribution in [0.3, 0.4) is 0 Å². The highest BCUT2D eigenvalue weighted by molar-refractivity contribution is 9.08. The number of aromatic nitrogens is 3. The quantitative estimate of drug-likeness (QED) is 0.632. The van der Waals surface area contributed by atoms with Gasteiger partial charge in [0.2, 0.25) is 5.82 Å². The van der Waals surface area contributed by atoms with Gasteiger partial charge >= 0.3 is 12.3 Å². The van der Waals surface area contributed by atoms with Crippen LogP contribution in [-0.4, -0.2) is 21.2 Å². The molecule has 0 fully saturated rings. The van der Waals surface area contributed by atoms with Gasteiger partial charge in [-0.25, -0.2) is 8.78 Å². The zero-order valence-electron chi connectivity index (χ0n) is 9.52. The Morgan fingerprint density at radius 3 is 2.12 bits per heavy atom. The van der Waals surface area contributed by atoms with Gasteiger partial charge in [-0.3, -0.25) is 0 Å². The summed E-state index contributed by atoms with van der Waals surface area (Å²) in [5, 5.41) is 6.87. The number of halogens is 5. The molecule has 0 bridgehead atoms. The van der Waals surface area contributed by atoms with Crippen LogP contribution in [0, 0.1) is 0 Å². The molecule has 0 aliphatic heterocycles. The Kier molecular flexibility index (Phi) is 3.85. The number of hydrogen-bond acceptors (Lipinski definition) is 2. The molecule has 0 amide bonds. The highest BCUT2D eigenvalue weighted by Crippen LogP contribution is 2.36. The summed E-state index contributed by atoms with van der Waals surface area (Å²) in [7, 11) is 0. The lowest BCUT2D eigenvalue weighted by atomic mass is 10.1. The first-order valence-corrected chi connectivity index (χ1v) is 5.91. The van der Waals surface area contributed by atoms with E-state index in [1.165, 1.54) is 0 Å². The summed E-state index contributed by atoms with van der Waals surface area (Å²) in [6.07, 6.45) is -3.81. The standard InChI is InChI=1S/C9H12BrF4N3/c1-8(2,3)17-5(4-10)15-16-7(17)9(13,14)6(11)12/h6H,4H2,1-3H3. The van der Waals surface area contributed by atoms with Crippen molar-refractivity contribution in [2.24, 2.45) is 0 Å². The van der Waals surface area contributed by atoms with E-state index in [9.17, 15) is 17.6 Å². The summed E-state index contributed by atoms with van der Waals surface area (Å²) in [6, 6.07) is 0. The van der Waals surface area contributed by atoms with Gasteiger partial charge in [-0.05, 0) is 20.8 Å². The van der Waals surface area contributed by atoms with Crippen LogP contribution in [0.15, 0.2) is 0 Å². The van der Waals surface area contributed by atoms with Crippen LogP contribution in [0.2, 0.25) is 0 Å². The van der Waals surface area contributed by atoms with E-state index in [-0.39, 0.29) is 11.2 Å². The van der Waals surface area contributed by atoms with Crippen molar-refractivity contribution in [2.45, 2.75) is 44.0 Å². The minimum atomic E-state index is -4.30. The molecule has 0 aliphatic carbocycles. The van der Waals surface area contributed by atoms with Crippen LogP contribution in [0.1, 0.15) is 32.4 Å². The highest BCUT2D eigenvalue weighted by Gasteiger charge is 2.49. The largest absolute Gasteiger partial charge is 0.365 e. The zero-order chi connectivity index (χ0) is 13.4. The number of nitrogens with zero attached hydrogens (tertiary/aromatic N) is 3. The molecular formula is C9H12BrF4N3. The molecule has 17 heavy (non-hydrogen) atoms. The van der Waals surface area contributed by atoms with Crippen LogP contribution < -0.4 is 0 Å². The van der Waals surface area contributed by atoms with Gasteiger partial charge in [-0.1, -0.05) is 15.9 Å². The molecule has 98 valence electrons. The molecule has 1 aromatic rings. The average Bonchev–Trinajstić information content (AvgIpc) is 2.60. The lowest BCUT2D eigenvalue weighted by Crippen LogP contribution is -2.34. The maximum absolute atomic E-state index is 13.3. The fourth-order valence-electron chi connectivity index (χ4n) is 1.42. The first-order valence-electron chi connectivity index (χ1n) is 4.79. The highest BCUT2D eigenvalue weighted by atomic mass is 79.9. The Hall–Kier alpha value is -0.660. The lowest BCUT2D eigenvalue weighted by molar-refractivity contribution is -0.144. The first kappa shape index (κ1) is 14.4. The van der Waals surface area contributed by atoms with Gasteiger partial charge in [0.1, 0.15) is 5.82 Å². The summed E-state index contributed by atoms with van der Waals surface area (Å²) in [5.74, 6) is -5.12. The Bertz CT molecular complexity index is 397. The molecule has 0 radical (unpaired) electrons. The second-order valence-electron chi connectivity index (χ2n) is 4.50. The smallest absolute Gasteiger partial charge is 0.304 e. The van der Waals surface area contributed by atoms with E-state index in [0.29, 0.717) is 0 Å². The summed E-state index contributed by atoms with van der Waals surface area (Å²) >= 11 is 3.06. The molecule has 0 saturated carbocycles. The molecule has 1 rings (SSSR count). The maximum Gasteiger partial charge on any atom is 0.365 e. The molecule has 1 heterocycles. The average molecular weight is 318 g/mol. The number of rotatable bonds is 3. The van der Waals surface area contributed by atoms with Crippen molar-refractivity contribution < 1.29 is 17.6 Å². The summed E-state index contributed by atoms with van der Waals surface area (Å²) in [5.41, 5.74) is -0.805. The Morgan fingerprint density at radius 1 is 1.24 bits per heavy atom. The number of alkyl halides is 5. The zero-order valence-corrected chi connectivity index (χ0v) is 11.1. The molecule has 3 nitrogen and oxygen atoms in total. The lowest BCUT2D eigenvalue weighted by Gasteiger charge is -2.27. The van der Waals surface area contributed by atoms with Gasteiger partial charge in [-0.2, -0.15) is 8.78 Å². The van der Waals surface area contributed by atoms with Gasteiger partial charge in [0.05, 0.1) is 5.33 Å². The second-order valence-corrected chi connectivity index (χ2v) is 5.06. The van der Waals surface area contributed by atoms with Crippen LogP contribution in [0.5, 0.6) is 0 Å². The van der Waals surface area contributed by atoms with Gasteiger partial charge in [0.15, 0.2) is 0 Å². The normalized spacial score (nSPS) is 13.5. The predicted octanol–water partition coefficient (Wildman–Crippen LogP) is 3.28. The third-order valence-electron chi connectivity index (χ3n) is 2.09. The molecule has 0 unspecified atom stereocenters. The molecule has 0 spiro atoms.